The second-order valence-corrected chi connectivity index (χ2v) is 17.1. The highest BCUT2D eigenvalue weighted by Gasteiger charge is 2.55. The summed E-state index contributed by atoms with van der Waals surface area (Å²) in [7, 11) is 0. The number of hydrogen-bond acceptors (Lipinski definition) is 3. The minimum absolute atomic E-state index is 0.526. The van der Waals surface area contributed by atoms with E-state index in [0.29, 0.717) is 11.5 Å². The molecular formula is C61H41NO2. The molecule has 3 heteroatoms. The molecule has 302 valence electrons. The summed E-state index contributed by atoms with van der Waals surface area (Å²) in [6.07, 6.45) is 6.78. The van der Waals surface area contributed by atoms with Crippen LogP contribution in [0.2, 0.25) is 0 Å². The van der Waals surface area contributed by atoms with Gasteiger partial charge in [-0.05, 0) is 128 Å². The molecule has 0 radical (unpaired) electrons. The largest absolute Gasteiger partial charge is 0.449 e. The third-order valence-corrected chi connectivity index (χ3v) is 13.6. The number of allylic oxidation sites excluding steroid dienone is 4. The first-order chi connectivity index (χ1) is 31.7. The van der Waals surface area contributed by atoms with Crippen LogP contribution < -0.4 is 14.4 Å². The Bertz CT molecular complexity index is 3380. The van der Waals surface area contributed by atoms with Crippen molar-refractivity contribution in [3.63, 3.8) is 0 Å². The third-order valence-electron chi connectivity index (χ3n) is 13.6. The summed E-state index contributed by atoms with van der Waals surface area (Å²) < 4.78 is 14.2. The molecule has 0 bridgehead atoms. The topological polar surface area (TPSA) is 21.7 Å². The Hall–Kier alpha value is -8.14. The molecule has 9 aromatic rings. The van der Waals surface area contributed by atoms with E-state index in [1.807, 2.05) is 0 Å². The van der Waals surface area contributed by atoms with Crippen LogP contribution in [0.25, 0.3) is 50.1 Å². The maximum atomic E-state index is 7.33. The van der Waals surface area contributed by atoms with Crippen LogP contribution >= 0.6 is 0 Å². The molecule has 0 fully saturated rings. The van der Waals surface area contributed by atoms with Crippen LogP contribution in [-0.2, 0) is 5.41 Å². The number of ether oxygens (including phenoxy) is 2. The van der Waals surface area contributed by atoms with Crippen LogP contribution in [0.3, 0.4) is 0 Å². The van der Waals surface area contributed by atoms with Crippen molar-refractivity contribution in [1.29, 1.82) is 0 Å². The standard InChI is InChI=1S/C61H41NO2/c1-3-15-40(16-4-1)42-29-31-43(32-30-42)45-20-14-22-47(38-45)62(46-21-13-19-44(37-46)41-17-5-2-6-18-41)48-33-35-56-58(39-48)64-60-57(63-56)36-34-52-51-25-9-12-28-55(51)61(59(52)60)53-26-10-7-23-49(53)50-24-8-11-27-54(50)61/h1-7,9-23,25-39H,8,24H2. The highest BCUT2D eigenvalue weighted by atomic mass is 16.6. The first-order valence-electron chi connectivity index (χ1n) is 22.2. The fraction of sp³-hybridized carbons (Fsp3) is 0.0492. The summed E-state index contributed by atoms with van der Waals surface area (Å²) in [5.74, 6) is 2.88. The molecule has 64 heavy (non-hydrogen) atoms. The first kappa shape index (κ1) is 36.5. The monoisotopic (exact) mass is 819 g/mol. The van der Waals surface area contributed by atoms with Gasteiger partial charge in [0.25, 0.3) is 0 Å². The van der Waals surface area contributed by atoms with Crippen molar-refractivity contribution in [3.8, 4) is 67.5 Å². The minimum atomic E-state index is -0.526. The Morgan fingerprint density at radius 1 is 0.391 bits per heavy atom. The Labute approximate surface area is 373 Å². The van der Waals surface area contributed by atoms with Crippen molar-refractivity contribution >= 4 is 22.6 Å². The van der Waals surface area contributed by atoms with Gasteiger partial charge in [-0.2, -0.15) is 0 Å². The predicted octanol–water partition coefficient (Wildman–Crippen LogP) is 16.5. The van der Waals surface area contributed by atoms with Crippen LogP contribution in [0.5, 0.6) is 23.0 Å². The zero-order chi connectivity index (χ0) is 42.2. The molecule has 1 spiro atoms. The van der Waals surface area contributed by atoms with Crippen LogP contribution in [-0.4, -0.2) is 0 Å². The van der Waals surface area contributed by atoms with Gasteiger partial charge in [0.2, 0.25) is 0 Å². The van der Waals surface area contributed by atoms with Crippen molar-refractivity contribution in [2.24, 2.45) is 0 Å². The molecule has 0 N–H and O–H groups in total. The summed E-state index contributed by atoms with van der Waals surface area (Å²) >= 11 is 0. The molecule has 0 saturated carbocycles. The fourth-order valence-electron chi connectivity index (χ4n) is 10.8. The SMILES string of the molecule is C1=CC2=C(CC1)c1ccccc1C21c2ccccc2-c2ccc3c(c21)Oc1cc(N(c2cccc(-c4ccccc4)c2)c2cccc(-c4ccc(-c5ccccc5)cc4)c2)ccc1O3. The summed E-state index contributed by atoms with van der Waals surface area (Å²) in [6.45, 7) is 0. The number of rotatable bonds is 6. The first-order valence-corrected chi connectivity index (χ1v) is 22.2. The van der Waals surface area contributed by atoms with Crippen molar-refractivity contribution in [2.75, 3.05) is 4.90 Å². The van der Waals surface area contributed by atoms with Crippen LogP contribution in [0.4, 0.5) is 17.1 Å². The highest BCUT2D eigenvalue weighted by Crippen LogP contribution is 2.67. The molecule has 1 aliphatic heterocycles. The van der Waals surface area contributed by atoms with Crippen molar-refractivity contribution < 1.29 is 9.47 Å². The predicted molar refractivity (Wildman–Crippen MR) is 261 cm³/mol. The number of anilines is 3. The molecule has 1 atom stereocenters. The Kier molecular flexibility index (Phi) is 8.26. The minimum Gasteiger partial charge on any atom is -0.449 e. The van der Waals surface area contributed by atoms with Gasteiger partial charge in [0.15, 0.2) is 23.0 Å². The lowest BCUT2D eigenvalue weighted by Gasteiger charge is -2.35. The van der Waals surface area contributed by atoms with E-state index in [2.05, 4.69) is 229 Å². The molecule has 3 nitrogen and oxygen atoms in total. The molecular weight excluding hydrogens is 779 g/mol. The molecule has 13 rings (SSSR count). The Morgan fingerprint density at radius 2 is 0.938 bits per heavy atom. The number of fused-ring (bicyclic) bond motifs is 12. The molecule has 1 unspecified atom stereocenters. The normalized spacial score (nSPS) is 15.9. The van der Waals surface area contributed by atoms with E-state index in [4.69, 9.17) is 9.47 Å². The van der Waals surface area contributed by atoms with E-state index in [1.54, 1.807) is 0 Å². The average molecular weight is 820 g/mol. The van der Waals surface area contributed by atoms with Gasteiger partial charge in [-0.15, -0.1) is 0 Å². The van der Waals surface area contributed by atoms with Crippen molar-refractivity contribution in [1.82, 2.24) is 0 Å². The smallest absolute Gasteiger partial charge is 0.175 e. The zero-order valence-corrected chi connectivity index (χ0v) is 35.0. The fourth-order valence-corrected chi connectivity index (χ4v) is 10.8. The molecule has 0 aromatic heterocycles. The van der Waals surface area contributed by atoms with E-state index >= 15 is 0 Å². The molecule has 0 amide bonds. The lowest BCUT2D eigenvalue weighted by molar-refractivity contribution is 0.354. The van der Waals surface area contributed by atoms with E-state index in [0.717, 1.165) is 63.7 Å². The second kappa shape index (κ2) is 14.5. The molecule has 9 aromatic carbocycles. The van der Waals surface area contributed by atoms with Gasteiger partial charge in [-0.25, -0.2) is 0 Å². The number of hydrogen-bond donors (Lipinski definition) is 0. The summed E-state index contributed by atoms with van der Waals surface area (Å²) in [4.78, 5) is 2.33. The van der Waals surface area contributed by atoms with Crippen molar-refractivity contribution in [3.05, 3.63) is 252 Å². The third kappa shape index (κ3) is 5.54. The van der Waals surface area contributed by atoms with Gasteiger partial charge in [-0.3, -0.25) is 0 Å². The summed E-state index contributed by atoms with van der Waals surface area (Å²) in [6, 6.07) is 76.2. The lowest BCUT2D eigenvalue weighted by Crippen LogP contribution is -2.28. The Balaban J connectivity index is 0.953. The molecule has 0 saturated heterocycles. The van der Waals surface area contributed by atoms with Crippen LogP contribution in [0.1, 0.15) is 35.1 Å². The zero-order valence-electron chi connectivity index (χ0n) is 35.0. The van der Waals surface area contributed by atoms with Gasteiger partial charge in [-0.1, -0.05) is 176 Å². The molecule has 1 heterocycles. The van der Waals surface area contributed by atoms with Gasteiger partial charge in [0.1, 0.15) is 0 Å². The summed E-state index contributed by atoms with van der Waals surface area (Å²) in [5.41, 5.74) is 19.8. The van der Waals surface area contributed by atoms with E-state index < -0.39 is 5.41 Å². The van der Waals surface area contributed by atoms with Crippen LogP contribution in [0.15, 0.2) is 230 Å². The number of benzene rings is 9. The van der Waals surface area contributed by atoms with Crippen LogP contribution in [0, 0.1) is 0 Å². The number of nitrogens with zero attached hydrogens (tertiary/aromatic N) is 1. The summed E-state index contributed by atoms with van der Waals surface area (Å²) in [5, 5.41) is 0. The maximum absolute atomic E-state index is 7.33. The van der Waals surface area contributed by atoms with Gasteiger partial charge >= 0.3 is 0 Å². The van der Waals surface area contributed by atoms with Gasteiger partial charge in [0.05, 0.1) is 11.1 Å². The lowest BCUT2D eigenvalue weighted by atomic mass is 9.68. The Morgan fingerprint density at radius 3 is 1.64 bits per heavy atom. The van der Waals surface area contributed by atoms with Gasteiger partial charge in [0, 0.05) is 23.0 Å². The highest BCUT2D eigenvalue weighted by molar-refractivity contribution is 5.98. The molecule has 3 aliphatic carbocycles. The van der Waals surface area contributed by atoms with E-state index in [-0.39, 0.29) is 0 Å². The van der Waals surface area contributed by atoms with E-state index in [9.17, 15) is 0 Å². The van der Waals surface area contributed by atoms with Gasteiger partial charge < -0.3 is 14.4 Å². The average Bonchev–Trinajstić information content (AvgIpc) is 3.84. The second-order valence-electron chi connectivity index (χ2n) is 17.1. The maximum Gasteiger partial charge on any atom is 0.175 e. The van der Waals surface area contributed by atoms with E-state index in [1.165, 1.54) is 55.7 Å². The quantitative estimate of drug-likeness (QED) is 0.167. The molecule has 4 aliphatic rings. The van der Waals surface area contributed by atoms with Crippen molar-refractivity contribution in [2.45, 2.75) is 18.3 Å².